The average molecular weight is 282 g/mol. The van der Waals surface area contributed by atoms with E-state index in [9.17, 15) is 4.79 Å². The van der Waals surface area contributed by atoms with E-state index in [-0.39, 0.29) is 11.9 Å². The fraction of sp³-hybridized carbons (Fsp3) is 0.556. The summed E-state index contributed by atoms with van der Waals surface area (Å²) < 4.78 is 0. The molecule has 0 aromatic heterocycles. The van der Waals surface area contributed by atoms with Crippen LogP contribution in [-0.2, 0) is 0 Å². The highest BCUT2D eigenvalue weighted by Crippen LogP contribution is 2.48. The molecule has 0 bridgehead atoms. The highest BCUT2D eigenvalue weighted by atomic mass is 16.2. The molecule has 0 unspecified atom stereocenters. The number of benzene rings is 1. The number of hydrogen-bond acceptors (Lipinski definition) is 2. The molecule has 3 aliphatic rings. The van der Waals surface area contributed by atoms with Crippen LogP contribution in [0.5, 0.6) is 0 Å². The standard InChI is InChI=1S/C18H22N2O/c1-12-7-15-16(8-13(12)2)19-10-14-9-18(5-3-4-6-18)11-20(14)17(15)21/h7-8,10,14H,3-6,9,11H2,1-2H3/t14-/m0/s1. The van der Waals surface area contributed by atoms with Gasteiger partial charge in [-0.15, -0.1) is 0 Å². The van der Waals surface area contributed by atoms with E-state index in [0.717, 1.165) is 24.2 Å². The van der Waals surface area contributed by atoms with Crippen LogP contribution < -0.4 is 0 Å². The molecule has 1 aliphatic carbocycles. The lowest BCUT2D eigenvalue weighted by Crippen LogP contribution is -2.36. The summed E-state index contributed by atoms with van der Waals surface area (Å²) in [6, 6.07) is 4.27. The molecule has 2 heterocycles. The SMILES string of the molecule is Cc1cc2c(cc1C)C(=O)N1CC3(CCCC3)C[C@H]1C=N2. The van der Waals surface area contributed by atoms with Gasteiger partial charge in [0, 0.05) is 12.8 Å². The lowest BCUT2D eigenvalue weighted by molar-refractivity contribution is 0.0757. The van der Waals surface area contributed by atoms with E-state index in [1.807, 2.05) is 18.3 Å². The zero-order valence-corrected chi connectivity index (χ0v) is 12.9. The van der Waals surface area contributed by atoms with Crippen molar-refractivity contribution in [3.63, 3.8) is 0 Å². The summed E-state index contributed by atoms with van der Waals surface area (Å²) in [6.07, 6.45) is 8.32. The van der Waals surface area contributed by atoms with Gasteiger partial charge in [-0.1, -0.05) is 12.8 Å². The van der Waals surface area contributed by atoms with Crippen molar-refractivity contribution < 1.29 is 4.79 Å². The highest BCUT2D eigenvalue weighted by Gasteiger charge is 2.47. The molecule has 2 aliphatic heterocycles. The third kappa shape index (κ3) is 1.94. The Bertz CT molecular complexity index is 641. The molecular formula is C18H22N2O. The largest absolute Gasteiger partial charge is 0.330 e. The minimum Gasteiger partial charge on any atom is -0.330 e. The van der Waals surface area contributed by atoms with E-state index >= 15 is 0 Å². The Kier molecular flexibility index (Phi) is 2.75. The van der Waals surface area contributed by atoms with E-state index in [1.54, 1.807) is 0 Å². The van der Waals surface area contributed by atoms with Crippen molar-refractivity contribution in [3.05, 3.63) is 28.8 Å². The lowest BCUT2D eigenvalue weighted by atomic mass is 9.84. The monoisotopic (exact) mass is 282 g/mol. The molecule has 4 rings (SSSR count). The first-order valence-electron chi connectivity index (χ1n) is 8.04. The van der Waals surface area contributed by atoms with Crippen molar-refractivity contribution in [2.24, 2.45) is 10.4 Å². The fourth-order valence-electron chi connectivity index (χ4n) is 4.34. The maximum Gasteiger partial charge on any atom is 0.256 e. The second kappa shape index (κ2) is 4.43. The predicted octanol–water partition coefficient (Wildman–Crippen LogP) is 3.79. The molecule has 1 atom stereocenters. The smallest absolute Gasteiger partial charge is 0.256 e. The second-order valence-electron chi connectivity index (χ2n) is 7.14. The number of carbonyl (C=O) groups is 1. The van der Waals surface area contributed by atoms with Crippen LogP contribution >= 0.6 is 0 Å². The Morgan fingerprint density at radius 3 is 2.67 bits per heavy atom. The van der Waals surface area contributed by atoms with E-state index in [4.69, 9.17) is 0 Å². The van der Waals surface area contributed by atoms with Crippen molar-refractivity contribution in [2.75, 3.05) is 6.54 Å². The number of carbonyl (C=O) groups excluding carboxylic acids is 1. The molecule has 3 nitrogen and oxygen atoms in total. The molecule has 1 spiro atoms. The van der Waals surface area contributed by atoms with Crippen LogP contribution in [0.25, 0.3) is 0 Å². The molecule has 1 aromatic carbocycles. The Morgan fingerprint density at radius 1 is 1.19 bits per heavy atom. The normalized spacial score (nSPS) is 26.1. The van der Waals surface area contributed by atoms with Gasteiger partial charge >= 0.3 is 0 Å². The Hall–Kier alpha value is -1.64. The summed E-state index contributed by atoms with van der Waals surface area (Å²) in [5, 5.41) is 0. The zero-order valence-electron chi connectivity index (χ0n) is 12.9. The van der Waals surface area contributed by atoms with Crippen molar-refractivity contribution in [2.45, 2.75) is 52.0 Å². The van der Waals surface area contributed by atoms with Gasteiger partial charge < -0.3 is 4.90 Å². The van der Waals surface area contributed by atoms with Crippen molar-refractivity contribution in [3.8, 4) is 0 Å². The van der Waals surface area contributed by atoms with Crippen LogP contribution in [0, 0.1) is 19.3 Å². The molecule has 1 amide bonds. The number of hydrogen-bond donors (Lipinski definition) is 0. The number of aryl methyl sites for hydroxylation is 2. The molecule has 1 aromatic rings. The summed E-state index contributed by atoms with van der Waals surface area (Å²) in [4.78, 5) is 19.7. The molecule has 3 heteroatoms. The Labute approximate surface area is 126 Å². The van der Waals surface area contributed by atoms with Gasteiger partial charge in [0.15, 0.2) is 0 Å². The van der Waals surface area contributed by atoms with E-state index in [1.165, 1.54) is 36.8 Å². The summed E-state index contributed by atoms with van der Waals surface area (Å²) in [5.74, 6) is 0.180. The number of aliphatic imine (C=N–C) groups is 1. The third-order valence-corrected chi connectivity index (χ3v) is 5.70. The first-order valence-corrected chi connectivity index (χ1v) is 8.04. The van der Waals surface area contributed by atoms with Crippen molar-refractivity contribution >= 4 is 17.8 Å². The van der Waals surface area contributed by atoms with E-state index < -0.39 is 0 Å². The van der Waals surface area contributed by atoms with Crippen LogP contribution in [0.15, 0.2) is 17.1 Å². The second-order valence-corrected chi connectivity index (χ2v) is 7.14. The van der Waals surface area contributed by atoms with E-state index in [2.05, 4.69) is 23.7 Å². The quantitative estimate of drug-likeness (QED) is 0.712. The van der Waals surface area contributed by atoms with Gasteiger partial charge in [-0.2, -0.15) is 0 Å². The number of fused-ring (bicyclic) bond motifs is 2. The predicted molar refractivity (Wildman–Crippen MR) is 84.4 cm³/mol. The maximum atomic E-state index is 13.0. The van der Waals surface area contributed by atoms with Gasteiger partial charge in [0.1, 0.15) is 0 Å². The minimum atomic E-state index is 0.180. The number of nitrogens with zero attached hydrogens (tertiary/aromatic N) is 2. The minimum absolute atomic E-state index is 0.180. The molecule has 21 heavy (non-hydrogen) atoms. The van der Waals surface area contributed by atoms with Crippen LogP contribution in [0.2, 0.25) is 0 Å². The van der Waals surface area contributed by atoms with Gasteiger partial charge in [-0.3, -0.25) is 9.79 Å². The maximum absolute atomic E-state index is 13.0. The van der Waals surface area contributed by atoms with Gasteiger partial charge in [0.2, 0.25) is 0 Å². The molecule has 2 fully saturated rings. The van der Waals surface area contributed by atoms with E-state index in [0.29, 0.717) is 5.41 Å². The molecule has 110 valence electrons. The molecule has 1 saturated carbocycles. The van der Waals surface area contributed by atoms with Gasteiger partial charge in [-0.05, 0) is 61.8 Å². The van der Waals surface area contributed by atoms with Gasteiger partial charge in [0.25, 0.3) is 5.91 Å². The highest BCUT2D eigenvalue weighted by molar-refractivity contribution is 6.03. The van der Waals surface area contributed by atoms with Gasteiger partial charge in [-0.25, -0.2) is 0 Å². The summed E-state index contributed by atoms with van der Waals surface area (Å²) >= 11 is 0. The van der Waals surface area contributed by atoms with Crippen LogP contribution in [-0.4, -0.2) is 29.6 Å². The molecule has 1 saturated heterocycles. The van der Waals surface area contributed by atoms with Crippen molar-refractivity contribution in [1.29, 1.82) is 0 Å². The van der Waals surface area contributed by atoms with Crippen molar-refractivity contribution in [1.82, 2.24) is 4.90 Å². The molecular weight excluding hydrogens is 260 g/mol. The topological polar surface area (TPSA) is 32.7 Å². The first-order chi connectivity index (χ1) is 10.1. The number of amides is 1. The van der Waals surface area contributed by atoms with Crippen LogP contribution in [0.1, 0.15) is 53.6 Å². The van der Waals surface area contributed by atoms with Crippen LogP contribution in [0.3, 0.4) is 0 Å². The summed E-state index contributed by atoms with van der Waals surface area (Å²) in [6.45, 7) is 5.07. The Balaban J connectivity index is 1.74. The average Bonchev–Trinajstić information content (AvgIpc) is 3.04. The Morgan fingerprint density at radius 2 is 1.90 bits per heavy atom. The summed E-state index contributed by atoms with van der Waals surface area (Å²) in [5.41, 5.74) is 4.38. The third-order valence-electron chi connectivity index (χ3n) is 5.70. The first kappa shape index (κ1) is 13.1. The zero-order chi connectivity index (χ0) is 14.6. The lowest BCUT2D eigenvalue weighted by Gasteiger charge is -2.24. The summed E-state index contributed by atoms with van der Waals surface area (Å²) in [7, 11) is 0. The fourth-order valence-corrected chi connectivity index (χ4v) is 4.34. The number of rotatable bonds is 0. The van der Waals surface area contributed by atoms with Crippen LogP contribution in [0.4, 0.5) is 5.69 Å². The van der Waals surface area contributed by atoms with Gasteiger partial charge in [0.05, 0.1) is 17.3 Å². The molecule has 0 N–H and O–H groups in total. The molecule has 0 radical (unpaired) electrons.